The van der Waals surface area contributed by atoms with Crippen molar-refractivity contribution in [3.05, 3.63) is 18.0 Å². The maximum absolute atomic E-state index is 11.9. The number of anilines is 1. The van der Waals surface area contributed by atoms with Crippen LogP contribution in [-0.2, 0) is 20.8 Å². The van der Waals surface area contributed by atoms with E-state index in [4.69, 9.17) is 15.2 Å². The number of nitrogens with two attached hydrogens (primary N) is 1. The van der Waals surface area contributed by atoms with Crippen LogP contribution in [0.25, 0.3) is 0 Å². The number of hydrogen-bond donors (Lipinski definition) is 1. The summed E-state index contributed by atoms with van der Waals surface area (Å²) >= 11 is 0. The molecule has 1 aliphatic rings. The summed E-state index contributed by atoms with van der Waals surface area (Å²) in [5.74, 6) is -0.741. The Morgan fingerprint density at radius 3 is 2.75 bits per heavy atom. The Labute approximate surface area is 117 Å². The van der Waals surface area contributed by atoms with Gasteiger partial charge in [-0.2, -0.15) is 0 Å². The normalized spacial score (nSPS) is 15.2. The molecule has 1 saturated heterocycles. The number of carbonyl (C=O) groups is 2. The van der Waals surface area contributed by atoms with Crippen molar-refractivity contribution in [2.24, 2.45) is 0 Å². The number of morpholine rings is 1. The molecule has 1 fully saturated rings. The van der Waals surface area contributed by atoms with Gasteiger partial charge in [0.15, 0.2) is 6.61 Å². The number of rotatable bonds is 4. The standard InChI is InChI=1S/C13H19N3O4/c1-2-15-8-10(14)7-11(15)13(18)20-9-12(17)16-3-5-19-6-4-16/h7-8H,2-6,9,14H2,1H3. The van der Waals surface area contributed by atoms with Crippen LogP contribution in [0.4, 0.5) is 5.69 Å². The second-order valence-corrected chi connectivity index (χ2v) is 4.51. The van der Waals surface area contributed by atoms with Crippen LogP contribution in [0.1, 0.15) is 17.4 Å². The lowest BCUT2D eigenvalue weighted by molar-refractivity contribution is -0.138. The van der Waals surface area contributed by atoms with Crippen molar-refractivity contribution in [3.8, 4) is 0 Å². The summed E-state index contributed by atoms with van der Waals surface area (Å²) in [6, 6.07) is 1.55. The van der Waals surface area contributed by atoms with Crippen LogP contribution in [0.5, 0.6) is 0 Å². The Kier molecular flexibility index (Phi) is 4.62. The number of carbonyl (C=O) groups excluding carboxylic acids is 2. The first kappa shape index (κ1) is 14.4. The first-order valence-electron chi connectivity index (χ1n) is 6.60. The number of nitrogen functional groups attached to an aromatic ring is 1. The Morgan fingerprint density at radius 2 is 2.10 bits per heavy atom. The molecule has 0 saturated carbocycles. The number of nitrogens with zero attached hydrogens (tertiary/aromatic N) is 2. The minimum Gasteiger partial charge on any atom is -0.451 e. The van der Waals surface area contributed by atoms with Crippen molar-refractivity contribution in [3.63, 3.8) is 0 Å². The van der Waals surface area contributed by atoms with E-state index in [0.29, 0.717) is 44.2 Å². The molecular weight excluding hydrogens is 262 g/mol. The van der Waals surface area contributed by atoms with Crippen LogP contribution in [0.15, 0.2) is 12.3 Å². The first-order valence-corrected chi connectivity index (χ1v) is 6.60. The molecule has 2 N–H and O–H groups in total. The first-order chi connectivity index (χ1) is 9.61. The zero-order chi connectivity index (χ0) is 14.5. The van der Waals surface area contributed by atoms with Gasteiger partial charge in [-0.15, -0.1) is 0 Å². The van der Waals surface area contributed by atoms with E-state index in [0.717, 1.165) is 0 Å². The number of amides is 1. The highest BCUT2D eigenvalue weighted by Gasteiger charge is 2.20. The molecule has 110 valence electrons. The largest absolute Gasteiger partial charge is 0.451 e. The fourth-order valence-electron chi connectivity index (χ4n) is 2.07. The highest BCUT2D eigenvalue weighted by molar-refractivity contribution is 5.91. The summed E-state index contributed by atoms with van der Waals surface area (Å²) in [5, 5.41) is 0. The average molecular weight is 281 g/mol. The third-order valence-electron chi connectivity index (χ3n) is 3.16. The van der Waals surface area contributed by atoms with Gasteiger partial charge in [-0.25, -0.2) is 4.79 Å². The molecule has 0 unspecified atom stereocenters. The monoisotopic (exact) mass is 281 g/mol. The molecule has 1 aromatic heterocycles. The van der Waals surface area contributed by atoms with E-state index in [2.05, 4.69) is 0 Å². The van der Waals surface area contributed by atoms with Crippen LogP contribution in [-0.4, -0.2) is 54.3 Å². The van der Waals surface area contributed by atoms with Gasteiger partial charge in [0.25, 0.3) is 5.91 Å². The molecule has 7 heteroatoms. The van der Waals surface area contributed by atoms with E-state index in [-0.39, 0.29) is 12.5 Å². The van der Waals surface area contributed by atoms with Gasteiger partial charge >= 0.3 is 5.97 Å². The van der Waals surface area contributed by atoms with Gasteiger partial charge in [-0.1, -0.05) is 0 Å². The van der Waals surface area contributed by atoms with Crippen LogP contribution >= 0.6 is 0 Å². The maximum atomic E-state index is 11.9. The number of aromatic nitrogens is 1. The lowest BCUT2D eigenvalue weighted by atomic mass is 10.4. The molecule has 1 aromatic rings. The summed E-state index contributed by atoms with van der Waals surface area (Å²) in [6.45, 7) is 4.37. The predicted octanol–water partition coefficient (Wildman–Crippen LogP) is 0.106. The zero-order valence-corrected chi connectivity index (χ0v) is 11.5. The number of aryl methyl sites for hydroxylation is 1. The fraction of sp³-hybridized carbons (Fsp3) is 0.538. The van der Waals surface area contributed by atoms with Gasteiger partial charge in [0, 0.05) is 25.8 Å². The lowest BCUT2D eigenvalue weighted by Gasteiger charge is -2.26. The highest BCUT2D eigenvalue weighted by Crippen LogP contribution is 2.12. The second kappa shape index (κ2) is 6.42. The third kappa shape index (κ3) is 3.30. The SMILES string of the molecule is CCn1cc(N)cc1C(=O)OCC(=O)N1CCOCC1. The van der Waals surface area contributed by atoms with Gasteiger partial charge in [-0.05, 0) is 13.0 Å². The van der Waals surface area contributed by atoms with E-state index < -0.39 is 5.97 Å². The quantitative estimate of drug-likeness (QED) is 0.791. The van der Waals surface area contributed by atoms with E-state index in [9.17, 15) is 9.59 Å². The van der Waals surface area contributed by atoms with Crippen LogP contribution in [0.3, 0.4) is 0 Å². The Bertz CT molecular complexity index is 492. The van der Waals surface area contributed by atoms with E-state index in [1.54, 1.807) is 21.7 Å². The van der Waals surface area contributed by atoms with E-state index >= 15 is 0 Å². The molecule has 1 aliphatic heterocycles. The van der Waals surface area contributed by atoms with Crippen LogP contribution in [0, 0.1) is 0 Å². The molecule has 0 atom stereocenters. The fourth-order valence-corrected chi connectivity index (χ4v) is 2.07. The van der Waals surface area contributed by atoms with Crippen molar-refractivity contribution >= 4 is 17.6 Å². The lowest BCUT2D eigenvalue weighted by Crippen LogP contribution is -2.42. The molecule has 0 bridgehead atoms. The third-order valence-corrected chi connectivity index (χ3v) is 3.16. The second-order valence-electron chi connectivity index (χ2n) is 4.51. The maximum Gasteiger partial charge on any atom is 0.355 e. The van der Waals surface area contributed by atoms with Gasteiger partial charge in [0.2, 0.25) is 0 Å². The van der Waals surface area contributed by atoms with Crippen molar-refractivity contribution in [2.45, 2.75) is 13.5 Å². The molecule has 0 aromatic carbocycles. The number of esters is 1. The molecule has 0 aliphatic carbocycles. The topological polar surface area (TPSA) is 86.8 Å². The van der Waals surface area contributed by atoms with Gasteiger partial charge in [0.05, 0.1) is 18.9 Å². The minimum atomic E-state index is -0.537. The summed E-state index contributed by atoms with van der Waals surface area (Å²) in [7, 11) is 0. The summed E-state index contributed by atoms with van der Waals surface area (Å²) in [5.41, 5.74) is 6.51. The van der Waals surface area contributed by atoms with Crippen molar-refractivity contribution in [1.29, 1.82) is 0 Å². The Hall–Kier alpha value is -2.02. The summed E-state index contributed by atoms with van der Waals surface area (Å²) in [6.07, 6.45) is 1.67. The number of ether oxygens (including phenoxy) is 2. The smallest absolute Gasteiger partial charge is 0.355 e. The predicted molar refractivity (Wildman–Crippen MR) is 72.2 cm³/mol. The Morgan fingerprint density at radius 1 is 1.40 bits per heavy atom. The molecule has 20 heavy (non-hydrogen) atoms. The van der Waals surface area contributed by atoms with Gasteiger partial charge in [0.1, 0.15) is 5.69 Å². The molecule has 7 nitrogen and oxygen atoms in total. The van der Waals surface area contributed by atoms with Crippen molar-refractivity contribution < 1.29 is 19.1 Å². The van der Waals surface area contributed by atoms with E-state index in [1.165, 1.54) is 0 Å². The minimum absolute atomic E-state index is 0.204. The molecule has 2 rings (SSSR count). The molecule has 1 amide bonds. The highest BCUT2D eigenvalue weighted by atomic mass is 16.5. The molecule has 0 spiro atoms. The number of hydrogen-bond acceptors (Lipinski definition) is 5. The molecule has 2 heterocycles. The van der Waals surface area contributed by atoms with Crippen molar-refractivity contribution in [2.75, 3.05) is 38.6 Å². The van der Waals surface area contributed by atoms with Gasteiger partial charge in [-0.3, -0.25) is 4.79 Å². The molecule has 0 radical (unpaired) electrons. The summed E-state index contributed by atoms with van der Waals surface area (Å²) in [4.78, 5) is 25.4. The zero-order valence-electron chi connectivity index (χ0n) is 11.5. The molecular formula is C13H19N3O4. The van der Waals surface area contributed by atoms with Crippen LogP contribution in [0.2, 0.25) is 0 Å². The van der Waals surface area contributed by atoms with Gasteiger partial charge < -0.3 is 24.7 Å². The summed E-state index contributed by atoms with van der Waals surface area (Å²) < 4.78 is 11.9. The van der Waals surface area contributed by atoms with Crippen LogP contribution < -0.4 is 5.73 Å². The van der Waals surface area contributed by atoms with E-state index in [1.807, 2.05) is 6.92 Å². The van der Waals surface area contributed by atoms with Crippen molar-refractivity contribution in [1.82, 2.24) is 9.47 Å². The average Bonchev–Trinajstić information content (AvgIpc) is 2.86. The Balaban J connectivity index is 1.89.